The smallest absolute Gasteiger partial charge is 0.134 e. The maximum atomic E-state index is 5.80. The van der Waals surface area contributed by atoms with E-state index in [-0.39, 0.29) is 6.10 Å². The number of anilines is 1. The van der Waals surface area contributed by atoms with E-state index in [9.17, 15) is 0 Å². The first-order valence-electron chi connectivity index (χ1n) is 12.1. The number of aromatic nitrogens is 4. The van der Waals surface area contributed by atoms with Crippen LogP contribution in [0.5, 0.6) is 0 Å². The van der Waals surface area contributed by atoms with Crippen LogP contribution >= 0.6 is 0 Å². The lowest BCUT2D eigenvalue weighted by molar-refractivity contribution is 0.169. The zero-order valence-electron chi connectivity index (χ0n) is 22.0. The Hall–Kier alpha value is -3.69. The number of methoxy groups -OCH3 is 1. The summed E-state index contributed by atoms with van der Waals surface area (Å²) in [4.78, 5) is 13.5. The van der Waals surface area contributed by atoms with Crippen molar-refractivity contribution in [1.29, 1.82) is 0 Å². The number of nitrogens with zero attached hydrogens (tertiary/aromatic N) is 6. The van der Waals surface area contributed by atoms with Crippen molar-refractivity contribution in [1.82, 2.24) is 34.9 Å². The first kappa shape index (κ1) is 25.4. The molecule has 1 aliphatic rings. The van der Waals surface area contributed by atoms with E-state index < -0.39 is 0 Å². The number of ether oxygens (including phenoxy) is 1. The monoisotopic (exact) mass is 488 g/mol. The fourth-order valence-corrected chi connectivity index (χ4v) is 4.33. The second-order valence-corrected chi connectivity index (χ2v) is 9.20. The molecule has 0 bridgehead atoms. The van der Waals surface area contributed by atoms with Crippen molar-refractivity contribution < 1.29 is 4.74 Å². The van der Waals surface area contributed by atoms with Gasteiger partial charge in [0.25, 0.3) is 0 Å². The molecule has 4 rings (SSSR count). The number of aryl methyl sites for hydroxylation is 1. The van der Waals surface area contributed by atoms with Gasteiger partial charge in [-0.15, -0.1) is 0 Å². The third-order valence-corrected chi connectivity index (χ3v) is 6.33. The molecule has 1 atom stereocenters. The molecule has 0 amide bonds. The number of rotatable bonds is 10. The summed E-state index contributed by atoms with van der Waals surface area (Å²) < 4.78 is 7.67. The number of nitrogens with one attached hydrogen (secondary N) is 2. The molecule has 190 valence electrons. The topological polar surface area (TPSA) is 83.4 Å². The van der Waals surface area contributed by atoms with Crippen LogP contribution in [0.25, 0.3) is 22.2 Å². The lowest BCUT2D eigenvalue weighted by Gasteiger charge is -2.23. The van der Waals surface area contributed by atoms with Crippen molar-refractivity contribution in [3.05, 3.63) is 72.1 Å². The van der Waals surface area contributed by atoms with Gasteiger partial charge in [-0.05, 0) is 57.4 Å². The molecule has 0 radical (unpaired) electrons. The van der Waals surface area contributed by atoms with E-state index in [1.165, 1.54) is 0 Å². The molecule has 2 heterocycles. The molecule has 0 spiro atoms. The molecule has 36 heavy (non-hydrogen) atoms. The van der Waals surface area contributed by atoms with E-state index in [1.807, 2.05) is 31.0 Å². The van der Waals surface area contributed by atoms with Gasteiger partial charge in [0.05, 0.1) is 34.5 Å². The summed E-state index contributed by atoms with van der Waals surface area (Å²) in [5.74, 6) is 0.700. The fraction of sp³-hybridized carbons (Fsp3) is 0.370. The minimum Gasteiger partial charge on any atom is -0.386 e. The van der Waals surface area contributed by atoms with Gasteiger partial charge in [-0.3, -0.25) is 4.68 Å². The number of likely N-dealkylation sites (N-methyl/N-ethyl adjacent to an activating group) is 2. The van der Waals surface area contributed by atoms with Crippen LogP contribution in [0.2, 0.25) is 0 Å². The Bertz CT molecular complexity index is 1290. The average Bonchev–Trinajstić information content (AvgIpc) is 3.14. The van der Waals surface area contributed by atoms with E-state index in [0.29, 0.717) is 5.82 Å². The Balaban J connectivity index is 1.60. The van der Waals surface area contributed by atoms with E-state index >= 15 is 0 Å². The first-order valence-corrected chi connectivity index (χ1v) is 12.1. The molecular formula is C27H36N8O. The molecule has 2 aromatic heterocycles. The highest BCUT2D eigenvalue weighted by atomic mass is 16.5. The van der Waals surface area contributed by atoms with Gasteiger partial charge in [-0.2, -0.15) is 5.10 Å². The highest BCUT2D eigenvalue weighted by Gasteiger charge is 2.19. The lowest BCUT2D eigenvalue weighted by atomic mass is 10.1. The molecule has 9 heteroatoms. The molecule has 1 aromatic carbocycles. The Morgan fingerprint density at radius 3 is 2.69 bits per heavy atom. The largest absolute Gasteiger partial charge is 0.386 e. The van der Waals surface area contributed by atoms with Gasteiger partial charge in [0.15, 0.2) is 0 Å². The van der Waals surface area contributed by atoms with E-state index in [2.05, 4.69) is 93.1 Å². The molecule has 0 saturated carbocycles. The van der Waals surface area contributed by atoms with E-state index in [0.717, 1.165) is 58.8 Å². The number of benzene rings is 1. The summed E-state index contributed by atoms with van der Waals surface area (Å²) in [6, 6.07) is 8.17. The summed E-state index contributed by atoms with van der Waals surface area (Å²) >= 11 is 0. The van der Waals surface area contributed by atoms with Crippen LogP contribution in [-0.2, 0) is 11.8 Å². The van der Waals surface area contributed by atoms with Crippen LogP contribution in [0.1, 0.15) is 6.42 Å². The summed E-state index contributed by atoms with van der Waals surface area (Å²) in [5, 5.41) is 12.2. The summed E-state index contributed by atoms with van der Waals surface area (Å²) in [6.07, 6.45) is 10.6. The Morgan fingerprint density at radius 1 is 1.11 bits per heavy atom. The summed E-state index contributed by atoms with van der Waals surface area (Å²) in [7, 11) is 11.9. The zero-order valence-corrected chi connectivity index (χ0v) is 22.0. The van der Waals surface area contributed by atoms with E-state index in [1.54, 1.807) is 13.4 Å². The Morgan fingerprint density at radius 2 is 1.94 bits per heavy atom. The minimum atomic E-state index is -0.244. The molecule has 2 N–H and O–H groups in total. The molecular weight excluding hydrogens is 452 g/mol. The minimum absolute atomic E-state index is 0.244. The molecule has 1 aliphatic carbocycles. The van der Waals surface area contributed by atoms with Gasteiger partial charge in [0, 0.05) is 51.8 Å². The van der Waals surface area contributed by atoms with E-state index in [4.69, 9.17) is 4.74 Å². The third kappa shape index (κ3) is 5.75. The molecule has 0 aliphatic heterocycles. The predicted octanol–water partition coefficient (Wildman–Crippen LogP) is 3.23. The van der Waals surface area contributed by atoms with Gasteiger partial charge in [0.2, 0.25) is 0 Å². The molecule has 3 aromatic rings. The highest BCUT2D eigenvalue weighted by molar-refractivity contribution is 5.84. The average molecular weight is 489 g/mol. The molecule has 0 fully saturated rings. The predicted molar refractivity (Wildman–Crippen MR) is 145 cm³/mol. The summed E-state index contributed by atoms with van der Waals surface area (Å²) in [5.41, 5.74) is 5.94. The van der Waals surface area contributed by atoms with Gasteiger partial charge >= 0.3 is 0 Å². The van der Waals surface area contributed by atoms with Gasteiger partial charge < -0.3 is 25.2 Å². The van der Waals surface area contributed by atoms with Crippen LogP contribution in [0.3, 0.4) is 0 Å². The van der Waals surface area contributed by atoms with Crippen LogP contribution in [-0.4, -0.2) is 84.0 Å². The number of fused-ring (bicyclic) bond motifs is 1. The quantitative estimate of drug-likeness (QED) is 0.450. The van der Waals surface area contributed by atoms with Gasteiger partial charge in [0.1, 0.15) is 18.2 Å². The SMILES string of the molecule is CNC1=C(N(C)CCCN(C)C)C=CC(OC)C(Nc2cc(-c3ccc4c(cnn4C)c3)ncn2)=C1. The van der Waals surface area contributed by atoms with Crippen molar-refractivity contribution >= 4 is 16.7 Å². The number of hydrogen-bond acceptors (Lipinski definition) is 8. The molecule has 9 nitrogen and oxygen atoms in total. The first-order chi connectivity index (χ1) is 17.4. The number of hydrogen-bond donors (Lipinski definition) is 2. The van der Waals surface area contributed by atoms with Crippen molar-refractivity contribution in [2.45, 2.75) is 12.5 Å². The van der Waals surface area contributed by atoms with Crippen molar-refractivity contribution in [2.24, 2.45) is 7.05 Å². The highest BCUT2D eigenvalue weighted by Crippen LogP contribution is 2.26. The summed E-state index contributed by atoms with van der Waals surface area (Å²) in [6.45, 7) is 2.00. The van der Waals surface area contributed by atoms with Crippen molar-refractivity contribution in [3.63, 3.8) is 0 Å². The number of allylic oxidation sites excluding steroid dienone is 2. The normalized spacial score (nSPS) is 15.9. The maximum absolute atomic E-state index is 5.80. The van der Waals surface area contributed by atoms with Crippen molar-refractivity contribution in [3.8, 4) is 11.3 Å². The zero-order chi connectivity index (χ0) is 25.7. The van der Waals surface area contributed by atoms with Crippen LogP contribution in [0.4, 0.5) is 5.82 Å². The second kappa shape index (κ2) is 11.4. The van der Waals surface area contributed by atoms with Crippen LogP contribution in [0, 0.1) is 0 Å². The van der Waals surface area contributed by atoms with Gasteiger partial charge in [-0.1, -0.05) is 6.07 Å². The maximum Gasteiger partial charge on any atom is 0.134 e. The Labute approximate surface area is 213 Å². The van der Waals surface area contributed by atoms with Crippen LogP contribution < -0.4 is 10.6 Å². The second-order valence-electron chi connectivity index (χ2n) is 9.20. The van der Waals surface area contributed by atoms with Crippen molar-refractivity contribution in [2.75, 3.05) is 53.7 Å². The Kier molecular flexibility index (Phi) is 8.02. The molecule has 1 unspecified atom stereocenters. The lowest BCUT2D eigenvalue weighted by Crippen LogP contribution is -2.25. The van der Waals surface area contributed by atoms with Gasteiger partial charge in [-0.25, -0.2) is 9.97 Å². The molecule has 0 saturated heterocycles. The standard InChI is InChI=1S/C27H36N8O/c1-28-22-15-23(26(36-6)11-10-25(22)34(4)13-7-12-33(2)3)32-27-16-21(29-18-30-27)19-8-9-24-20(14-19)17-31-35(24)5/h8-11,14-18,26,28H,7,12-13H2,1-6H3,(H,29,30,32). The van der Waals surface area contributed by atoms with Crippen LogP contribution in [0.15, 0.2) is 72.1 Å². The third-order valence-electron chi connectivity index (χ3n) is 6.33. The fourth-order valence-electron chi connectivity index (χ4n) is 4.33.